The standard InChI is InChI=1S/C23H19F2N3O2S3/c1-23(2,3)17(29)12-32-21-26-19-18(20(30)27(21)14-10-8-13(24)9-11-14)33-22(31)28(19)16-7-5-4-6-15(16)25/h4-11H,12H2,1-3H3. The summed E-state index contributed by atoms with van der Waals surface area (Å²) in [5.74, 6) is -0.897. The smallest absolute Gasteiger partial charge is 0.278 e. The van der Waals surface area contributed by atoms with Crippen LogP contribution in [0, 0.1) is 21.0 Å². The van der Waals surface area contributed by atoms with E-state index in [4.69, 9.17) is 12.2 Å². The molecule has 2 aromatic heterocycles. The number of thiazole rings is 1. The van der Waals surface area contributed by atoms with Crippen molar-refractivity contribution in [2.45, 2.75) is 25.9 Å². The number of carbonyl (C=O) groups is 1. The average molecular weight is 504 g/mol. The van der Waals surface area contributed by atoms with Gasteiger partial charge in [0.1, 0.15) is 22.1 Å². The van der Waals surface area contributed by atoms with E-state index in [0.717, 1.165) is 23.1 Å². The minimum atomic E-state index is -0.568. The van der Waals surface area contributed by atoms with E-state index >= 15 is 0 Å². The normalized spacial score (nSPS) is 11.8. The minimum absolute atomic E-state index is 0.0243. The van der Waals surface area contributed by atoms with Crippen molar-refractivity contribution in [1.29, 1.82) is 0 Å². The van der Waals surface area contributed by atoms with Crippen LogP contribution in [-0.2, 0) is 4.79 Å². The number of para-hydroxylation sites is 1. The molecule has 0 radical (unpaired) electrons. The van der Waals surface area contributed by atoms with Crippen LogP contribution < -0.4 is 5.56 Å². The molecule has 33 heavy (non-hydrogen) atoms. The lowest BCUT2D eigenvalue weighted by Gasteiger charge is -2.17. The number of halogens is 2. The predicted molar refractivity (Wildman–Crippen MR) is 130 cm³/mol. The fourth-order valence-corrected chi connectivity index (χ4v) is 5.50. The number of carbonyl (C=O) groups excluding carboxylic acids is 1. The molecule has 0 aliphatic carbocycles. The van der Waals surface area contributed by atoms with E-state index in [1.165, 1.54) is 39.5 Å². The van der Waals surface area contributed by atoms with E-state index in [9.17, 15) is 18.4 Å². The van der Waals surface area contributed by atoms with Gasteiger partial charge in [0.25, 0.3) is 5.56 Å². The maximum absolute atomic E-state index is 14.6. The first kappa shape index (κ1) is 23.5. The molecule has 0 saturated carbocycles. The Balaban J connectivity index is 1.98. The van der Waals surface area contributed by atoms with E-state index in [1.54, 1.807) is 18.2 Å². The summed E-state index contributed by atoms with van der Waals surface area (Å²) in [6.07, 6.45) is 0. The highest BCUT2D eigenvalue weighted by Crippen LogP contribution is 2.29. The Hall–Kier alpha value is -2.69. The molecule has 170 valence electrons. The van der Waals surface area contributed by atoms with Crippen molar-refractivity contribution in [3.05, 3.63) is 74.5 Å². The summed E-state index contributed by atoms with van der Waals surface area (Å²) in [7, 11) is 0. The van der Waals surface area contributed by atoms with Crippen LogP contribution in [0.4, 0.5) is 8.78 Å². The van der Waals surface area contributed by atoms with Gasteiger partial charge in [0.2, 0.25) is 0 Å². The zero-order valence-corrected chi connectivity index (χ0v) is 20.4. The van der Waals surface area contributed by atoms with E-state index in [1.807, 2.05) is 20.8 Å². The molecule has 4 aromatic rings. The largest absolute Gasteiger partial charge is 0.298 e. The molecule has 0 saturated heterocycles. The molecule has 0 N–H and O–H groups in total. The lowest BCUT2D eigenvalue weighted by Crippen LogP contribution is -2.24. The van der Waals surface area contributed by atoms with Crippen molar-refractivity contribution in [3.8, 4) is 11.4 Å². The second-order valence-corrected chi connectivity index (χ2v) is 10.9. The number of ketones is 1. The molecule has 2 heterocycles. The fourth-order valence-electron chi connectivity index (χ4n) is 3.04. The maximum Gasteiger partial charge on any atom is 0.278 e. The zero-order valence-electron chi connectivity index (χ0n) is 18.0. The first-order valence-electron chi connectivity index (χ1n) is 9.93. The summed E-state index contributed by atoms with van der Waals surface area (Å²) in [5, 5.41) is 0.231. The quantitative estimate of drug-likeness (QED) is 0.191. The number of rotatable bonds is 5. The highest BCUT2D eigenvalue weighted by atomic mass is 32.2. The third-order valence-corrected chi connectivity index (χ3v) is 7.21. The topological polar surface area (TPSA) is 56.9 Å². The van der Waals surface area contributed by atoms with Crippen LogP contribution in [0.5, 0.6) is 0 Å². The molecule has 10 heteroatoms. The van der Waals surface area contributed by atoms with Crippen molar-refractivity contribution in [1.82, 2.24) is 14.1 Å². The van der Waals surface area contributed by atoms with E-state index in [0.29, 0.717) is 5.69 Å². The van der Waals surface area contributed by atoms with Crippen molar-refractivity contribution in [3.63, 3.8) is 0 Å². The molecule has 0 unspecified atom stereocenters. The van der Waals surface area contributed by atoms with E-state index in [-0.39, 0.29) is 36.7 Å². The number of hydrogen-bond donors (Lipinski definition) is 0. The maximum atomic E-state index is 14.6. The molecule has 4 rings (SSSR count). The summed E-state index contributed by atoms with van der Waals surface area (Å²) in [4.78, 5) is 30.8. The van der Waals surface area contributed by atoms with Crippen LogP contribution in [-0.4, -0.2) is 25.7 Å². The van der Waals surface area contributed by atoms with Crippen LogP contribution in [0.25, 0.3) is 21.7 Å². The van der Waals surface area contributed by atoms with Gasteiger partial charge in [0, 0.05) is 5.41 Å². The summed E-state index contributed by atoms with van der Waals surface area (Å²) in [5.41, 5.74) is -0.200. The van der Waals surface area contributed by atoms with Gasteiger partial charge in [-0.15, -0.1) is 0 Å². The number of nitrogens with zero attached hydrogens (tertiary/aromatic N) is 3. The number of thioether (sulfide) groups is 1. The number of benzene rings is 2. The van der Waals surface area contributed by atoms with Gasteiger partial charge in [-0.3, -0.25) is 18.7 Å². The first-order chi connectivity index (χ1) is 15.6. The number of fused-ring (bicyclic) bond motifs is 1. The van der Waals surface area contributed by atoms with Gasteiger partial charge in [0.05, 0.1) is 17.1 Å². The van der Waals surface area contributed by atoms with Crippen molar-refractivity contribution in [2.24, 2.45) is 5.41 Å². The Labute approximate surface area is 201 Å². The summed E-state index contributed by atoms with van der Waals surface area (Å²) in [6.45, 7) is 5.44. The lowest BCUT2D eigenvalue weighted by molar-refractivity contribution is -0.123. The van der Waals surface area contributed by atoms with Crippen molar-refractivity contribution < 1.29 is 13.6 Å². The Morgan fingerprint density at radius 1 is 1.09 bits per heavy atom. The molecule has 2 aromatic carbocycles. The predicted octanol–water partition coefficient (Wildman–Crippen LogP) is 5.95. The van der Waals surface area contributed by atoms with E-state index < -0.39 is 22.6 Å². The summed E-state index contributed by atoms with van der Waals surface area (Å²) < 4.78 is 31.3. The van der Waals surface area contributed by atoms with Crippen LogP contribution in [0.1, 0.15) is 20.8 Å². The summed E-state index contributed by atoms with van der Waals surface area (Å²) in [6, 6.07) is 11.5. The molecular weight excluding hydrogens is 484 g/mol. The van der Waals surface area contributed by atoms with Gasteiger partial charge in [-0.05, 0) is 48.6 Å². The number of aromatic nitrogens is 3. The Morgan fingerprint density at radius 3 is 2.39 bits per heavy atom. The van der Waals surface area contributed by atoms with Crippen LogP contribution in [0.15, 0.2) is 58.5 Å². The molecule has 0 aliphatic rings. The van der Waals surface area contributed by atoms with Crippen molar-refractivity contribution in [2.75, 3.05) is 5.75 Å². The van der Waals surface area contributed by atoms with Gasteiger partial charge in [-0.1, -0.05) is 56.0 Å². The van der Waals surface area contributed by atoms with Crippen LogP contribution in [0.3, 0.4) is 0 Å². The highest BCUT2D eigenvalue weighted by molar-refractivity contribution is 7.99. The molecule has 0 amide bonds. The van der Waals surface area contributed by atoms with Gasteiger partial charge < -0.3 is 0 Å². The molecule has 0 bridgehead atoms. The lowest BCUT2D eigenvalue weighted by atomic mass is 9.92. The third kappa shape index (κ3) is 4.55. The van der Waals surface area contributed by atoms with Gasteiger partial charge in [0.15, 0.2) is 14.8 Å². The van der Waals surface area contributed by atoms with Crippen molar-refractivity contribution >= 4 is 51.4 Å². The second-order valence-electron chi connectivity index (χ2n) is 8.28. The molecule has 0 fully saturated rings. The third-order valence-electron chi connectivity index (χ3n) is 4.92. The fraction of sp³-hybridized carbons (Fsp3) is 0.217. The zero-order chi connectivity index (χ0) is 23.9. The second kappa shape index (κ2) is 8.92. The Kier molecular flexibility index (Phi) is 6.35. The number of Topliss-reactive ketones (excluding diaryl/α,β-unsaturated/α-hetero) is 1. The van der Waals surface area contributed by atoms with Gasteiger partial charge >= 0.3 is 0 Å². The van der Waals surface area contributed by atoms with Crippen LogP contribution >= 0.6 is 35.3 Å². The number of hydrogen-bond acceptors (Lipinski definition) is 6. The Morgan fingerprint density at radius 2 is 1.76 bits per heavy atom. The minimum Gasteiger partial charge on any atom is -0.298 e. The highest BCUT2D eigenvalue weighted by Gasteiger charge is 2.24. The monoisotopic (exact) mass is 503 g/mol. The average Bonchev–Trinajstić information content (AvgIpc) is 3.09. The molecule has 0 aliphatic heterocycles. The molecular formula is C23H19F2N3O2S3. The molecule has 5 nitrogen and oxygen atoms in total. The van der Waals surface area contributed by atoms with Gasteiger partial charge in [-0.2, -0.15) is 0 Å². The first-order valence-corrected chi connectivity index (χ1v) is 12.1. The summed E-state index contributed by atoms with van der Waals surface area (Å²) >= 11 is 7.57. The Bertz CT molecular complexity index is 1480. The molecule has 0 atom stereocenters. The van der Waals surface area contributed by atoms with Gasteiger partial charge in [-0.25, -0.2) is 13.8 Å². The van der Waals surface area contributed by atoms with E-state index in [2.05, 4.69) is 4.98 Å². The van der Waals surface area contributed by atoms with Crippen LogP contribution in [0.2, 0.25) is 0 Å². The molecule has 0 spiro atoms. The SMILES string of the molecule is CC(C)(C)C(=O)CSc1nc2c(sc(=S)n2-c2ccccc2F)c(=O)n1-c1ccc(F)cc1.